The number of nitrogens with one attached hydrogen (secondary N) is 1. The molecule has 5 heteroatoms. The van der Waals surface area contributed by atoms with Gasteiger partial charge in [0.2, 0.25) is 0 Å². The first-order valence-electron chi connectivity index (χ1n) is 7.04. The monoisotopic (exact) mass is 389 g/mol. The van der Waals surface area contributed by atoms with E-state index in [0.717, 1.165) is 39.0 Å². The van der Waals surface area contributed by atoms with Gasteiger partial charge in [-0.25, -0.2) is 0 Å². The number of nitrogens with zero attached hydrogens (tertiary/aromatic N) is 1. The number of benzene rings is 1. The van der Waals surface area contributed by atoms with Crippen molar-refractivity contribution >= 4 is 29.9 Å². The molecule has 4 nitrogen and oxygen atoms in total. The minimum absolute atomic E-state index is 0. The molecule has 3 N–H and O–H groups in total. The van der Waals surface area contributed by atoms with Crippen molar-refractivity contribution in [2.24, 2.45) is 10.7 Å². The van der Waals surface area contributed by atoms with Crippen molar-refractivity contribution in [1.82, 2.24) is 5.32 Å². The Labute approximate surface area is 138 Å². The maximum atomic E-state index is 5.82. The van der Waals surface area contributed by atoms with Crippen LogP contribution in [0.1, 0.15) is 24.8 Å². The van der Waals surface area contributed by atoms with E-state index in [2.05, 4.69) is 22.4 Å². The Morgan fingerprint density at radius 3 is 2.85 bits per heavy atom. The minimum Gasteiger partial charge on any atom is -0.378 e. The Morgan fingerprint density at radius 1 is 1.35 bits per heavy atom. The highest BCUT2D eigenvalue weighted by atomic mass is 127. The van der Waals surface area contributed by atoms with Gasteiger partial charge in [-0.15, -0.1) is 24.0 Å². The average Bonchev–Trinajstić information content (AvgIpc) is 2.93. The molecule has 1 aliphatic heterocycles. The van der Waals surface area contributed by atoms with E-state index < -0.39 is 0 Å². The predicted octanol–water partition coefficient (Wildman–Crippen LogP) is 2.32. The number of hydrogen-bond acceptors (Lipinski definition) is 2. The van der Waals surface area contributed by atoms with Crippen LogP contribution in [0.4, 0.5) is 0 Å². The fourth-order valence-corrected chi connectivity index (χ4v) is 2.24. The van der Waals surface area contributed by atoms with Crippen LogP contribution in [0.3, 0.4) is 0 Å². The lowest BCUT2D eigenvalue weighted by Crippen LogP contribution is -2.33. The van der Waals surface area contributed by atoms with Crippen molar-refractivity contribution < 1.29 is 4.74 Å². The highest BCUT2D eigenvalue weighted by Crippen LogP contribution is 2.14. The molecule has 1 aromatic rings. The predicted molar refractivity (Wildman–Crippen MR) is 93.6 cm³/mol. The molecule has 1 heterocycles. The third kappa shape index (κ3) is 6.56. The summed E-state index contributed by atoms with van der Waals surface area (Å²) in [4.78, 5) is 4.32. The molecule has 1 aliphatic rings. The molecule has 1 fully saturated rings. The fourth-order valence-electron chi connectivity index (χ4n) is 2.24. The van der Waals surface area contributed by atoms with E-state index in [1.807, 2.05) is 18.2 Å². The molecule has 20 heavy (non-hydrogen) atoms. The Balaban J connectivity index is 0.00000200. The smallest absolute Gasteiger partial charge is 0.188 e. The lowest BCUT2D eigenvalue weighted by Gasteiger charge is -2.08. The summed E-state index contributed by atoms with van der Waals surface area (Å²) in [6.45, 7) is 2.47. The van der Waals surface area contributed by atoms with Gasteiger partial charge in [0.15, 0.2) is 5.96 Å². The second kappa shape index (κ2) is 9.99. The van der Waals surface area contributed by atoms with E-state index in [4.69, 9.17) is 10.5 Å². The van der Waals surface area contributed by atoms with Crippen LogP contribution < -0.4 is 11.1 Å². The first kappa shape index (κ1) is 17.2. The largest absolute Gasteiger partial charge is 0.378 e. The number of aliphatic imine (C=N–C) groups is 1. The van der Waals surface area contributed by atoms with Crippen molar-refractivity contribution in [1.29, 1.82) is 0 Å². The second-order valence-corrected chi connectivity index (χ2v) is 4.85. The minimum atomic E-state index is 0. The molecule has 1 unspecified atom stereocenters. The van der Waals surface area contributed by atoms with Crippen LogP contribution in [0.2, 0.25) is 0 Å². The van der Waals surface area contributed by atoms with Crippen LogP contribution in [0.5, 0.6) is 0 Å². The lowest BCUT2D eigenvalue weighted by molar-refractivity contribution is 0.106. The third-order valence-electron chi connectivity index (χ3n) is 3.32. The molecule has 0 bridgehead atoms. The van der Waals surface area contributed by atoms with E-state index in [1.54, 1.807) is 0 Å². The topological polar surface area (TPSA) is 59.6 Å². The highest BCUT2D eigenvalue weighted by Gasteiger charge is 2.14. The van der Waals surface area contributed by atoms with Crippen molar-refractivity contribution in [2.75, 3.05) is 19.7 Å². The van der Waals surface area contributed by atoms with Crippen molar-refractivity contribution in [3.05, 3.63) is 35.9 Å². The zero-order chi connectivity index (χ0) is 13.3. The van der Waals surface area contributed by atoms with Gasteiger partial charge in [0.05, 0.1) is 6.10 Å². The Bertz CT molecular complexity index is 391. The molecular formula is C15H24IN3O. The first-order chi connectivity index (χ1) is 9.34. The Hall–Kier alpha value is -0.820. The van der Waals surface area contributed by atoms with E-state index in [-0.39, 0.29) is 24.0 Å². The SMILES string of the molecule is I.NC(=NCCC1CCCO1)NCCc1ccccc1. The summed E-state index contributed by atoms with van der Waals surface area (Å²) >= 11 is 0. The fraction of sp³-hybridized carbons (Fsp3) is 0.533. The van der Waals surface area contributed by atoms with E-state index >= 15 is 0 Å². The van der Waals surface area contributed by atoms with Crippen LogP contribution in [0, 0.1) is 0 Å². The second-order valence-electron chi connectivity index (χ2n) is 4.85. The van der Waals surface area contributed by atoms with Gasteiger partial charge in [0.25, 0.3) is 0 Å². The molecular weight excluding hydrogens is 365 g/mol. The number of halogens is 1. The van der Waals surface area contributed by atoms with Gasteiger partial charge in [-0.3, -0.25) is 4.99 Å². The van der Waals surface area contributed by atoms with Gasteiger partial charge in [-0.05, 0) is 31.2 Å². The van der Waals surface area contributed by atoms with E-state index in [9.17, 15) is 0 Å². The lowest BCUT2D eigenvalue weighted by atomic mass is 10.1. The number of guanidine groups is 1. The molecule has 1 saturated heterocycles. The van der Waals surface area contributed by atoms with E-state index in [1.165, 1.54) is 12.0 Å². The molecule has 0 radical (unpaired) electrons. The first-order valence-corrected chi connectivity index (χ1v) is 7.04. The van der Waals surface area contributed by atoms with Crippen molar-refractivity contribution in [3.63, 3.8) is 0 Å². The van der Waals surface area contributed by atoms with Crippen molar-refractivity contribution in [3.8, 4) is 0 Å². The number of nitrogens with two attached hydrogens (primary N) is 1. The molecule has 0 aromatic heterocycles. The Morgan fingerprint density at radius 2 is 2.15 bits per heavy atom. The number of rotatable bonds is 6. The normalized spacial score (nSPS) is 18.6. The molecule has 0 spiro atoms. The van der Waals surface area contributed by atoms with Gasteiger partial charge in [-0.1, -0.05) is 30.3 Å². The summed E-state index contributed by atoms with van der Waals surface area (Å²) in [5, 5.41) is 3.14. The summed E-state index contributed by atoms with van der Waals surface area (Å²) in [6, 6.07) is 10.4. The van der Waals surface area contributed by atoms with Crippen LogP contribution >= 0.6 is 24.0 Å². The molecule has 112 valence electrons. The number of ether oxygens (including phenoxy) is 1. The van der Waals surface area contributed by atoms with Gasteiger partial charge in [0, 0.05) is 19.7 Å². The zero-order valence-electron chi connectivity index (χ0n) is 11.8. The quantitative estimate of drug-likeness (QED) is 0.446. The van der Waals surface area contributed by atoms with Gasteiger partial charge < -0.3 is 15.8 Å². The van der Waals surface area contributed by atoms with Crippen LogP contribution in [-0.4, -0.2) is 31.8 Å². The third-order valence-corrected chi connectivity index (χ3v) is 3.32. The summed E-state index contributed by atoms with van der Waals surface area (Å²) in [5.74, 6) is 0.536. The maximum absolute atomic E-state index is 5.82. The average molecular weight is 389 g/mol. The van der Waals surface area contributed by atoms with E-state index in [0.29, 0.717) is 12.1 Å². The summed E-state index contributed by atoms with van der Waals surface area (Å²) < 4.78 is 5.54. The maximum Gasteiger partial charge on any atom is 0.188 e. The molecule has 0 saturated carbocycles. The molecule has 0 amide bonds. The Kier molecular flexibility index (Phi) is 8.60. The molecule has 2 rings (SSSR count). The highest BCUT2D eigenvalue weighted by molar-refractivity contribution is 14.0. The molecule has 1 atom stereocenters. The van der Waals surface area contributed by atoms with Crippen LogP contribution in [-0.2, 0) is 11.2 Å². The van der Waals surface area contributed by atoms with Crippen molar-refractivity contribution in [2.45, 2.75) is 31.8 Å². The molecule has 0 aliphatic carbocycles. The van der Waals surface area contributed by atoms with Gasteiger partial charge in [0.1, 0.15) is 0 Å². The van der Waals surface area contributed by atoms with Crippen LogP contribution in [0.15, 0.2) is 35.3 Å². The summed E-state index contributed by atoms with van der Waals surface area (Å²) in [6.07, 6.45) is 4.67. The van der Waals surface area contributed by atoms with Crippen LogP contribution in [0.25, 0.3) is 0 Å². The number of hydrogen-bond donors (Lipinski definition) is 2. The summed E-state index contributed by atoms with van der Waals surface area (Å²) in [5.41, 5.74) is 7.13. The standard InChI is InChI=1S/C15H23N3O.HI/c16-15(18-11-9-14-7-4-12-19-14)17-10-8-13-5-2-1-3-6-13;/h1-3,5-6,14H,4,7-12H2,(H3,16,17,18);1H. The van der Waals surface area contributed by atoms with Gasteiger partial charge >= 0.3 is 0 Å². The summed E-state index contributed by atoms with van der Waals surface area (Å²) in [7, 11) is 0. The van der Waals surface area contributed by atoms with Gasteiger partial charge in [-0.2, -0.15) is 0 Å². The zero-order valence-corrected chi connectivity index (χ0v) is 14.1. The molecule has 1 aromatic carbocycles.